The second-order valence-corrected chi connectivity index (χ2v) is 9.48. The van der Waals surface area contributed by atoms with Crippen molar-refractivity contribution in [3.05, 3.63) is 72.1 Å². The van der Waals surface area contributed by atoms with E-state index < -0.39 is 0 Å². The van der Waals surface area contributed by atoms with Gasteiger partial charge in [-0.3, -0.25) is 4.90 Å². The van der Waals surface area contributed by atoms with Gasteiger partial charge in [0.25, 0.3) is 0 Å². The summed E-state index contributed by atoms with van der Waals surface area (Å²) in [6.45, 7) is 7.04. The zero-order valence-corrected chi connectivity index (χ0v) is 19.6. The predicted molar refractivity (Wildman–Crippen MR) is 133 cm³/mol. The number of anilines is 1. The third-order valence-corrected chi connectivity index (χ3v) is 7.06. The van der Waals surface area contributed by atoms with Gasteiger partial charge in [0.05, 0.1) is 6.26 Å². The average molecular weight is 455 g/mol. The molecule has 0 N–H and O–H groups in total. The Kier molecular flexibility index (Phi) is 5.63. The number of hydrogen-bond donors (Lipinski definition) is 0. The van der Waals surface area contributed by atoms with Gasteiger partial charge >= 0.3 is 0 Å². The van der Waals surface area contributed by atoms with Crippen molar-refractivity contribution in [2.75, 3.05) is 31.1 Å². The second-order valence-electron chi connectivity index (χ2n) is 9.48. The highest BCUT2D eigenvalue weighted by molar-refractivity contribution is 5.66. The summed E-state index contributed by atoms with van der Waals surface area (Å²) in [4.78, 5) is 14.6. The van der Waals surface area contributed by atoms with Crippen LogP contribution < -0.4 is 4.90 Å². The minimum Gasteiger partial charge on any atom is -0.461 e. The molecule has 174 valence electrons. The summed E-state index contributed by atoms with van der Waals surface area (Å²) in [5.74, 6) is 2.92. The lowest BCUT2D eigenvalue weighted by atomic mass is 9.99. The molecule has 0 atom stereocenters. The molecule has 0 spiro atoms. The first-order valence-corrected chi connectivity index (χ1v) is 12.2. The summed E-state index contributed by atoms with van der Waals surface area (Å²) in [6.07, 6.45) is 9.41. The zero-order chi connectivity index (χ0) is 22.9. The topological polar surface area (TPSA) is 62.7 Å². The van der Waals surface area contributed by atoms with E-state index in [1.54, 1.807) is 6.26 Å². The predicted octanol–water partition coefficient (Wildman–Crippen LogP) is 4.91. The van der Waals surface area contributed by atoms with E-state index >= 15 is 0 Å². The van der Waals surface area contributed by atoms with Crippen LogP contribution in [0.2, 0.25) is 0 Å². The van der Waals surface area contributed by atoms with Gasteiger partial charge in [-0.15, -0.1) is 5.10 Å². The summed E-state index contributed by atoms with van der Waals surface area (Å²) in [5.41, 5.74) is 4.72. The van der Waals surface area contributed by atoms with Gasteiger partial charge in [0, 0.05) is 44.5 Å². The van der Waals surface area contributed by atoms with Gasteiger partial charge < -0.3 is 9.32 Å². The van der Waals surface area contributed by atoms with Crippen LogP contribution in [0.25, 0.3) is 22.8 Å². The molecular weight excluding hydrogens is 424 g/mol. The molecule has 0 radical (unpaired) electrons. The molecule has 6 rings (SSSR count). The highest BCUT2D eigenvalue weighted by Crippen LogP contribution is 2.27. The molecule has 1 aromatic carbocycles. The first-order chi connectivity index (χ1) is 16.7. The summed E-state index contributed by atoms with van der Waals surface area (Å²) in [6, 6.07) is 14.5. The number of nitrogens with zero attached hydrogens (tertiary/aromatic N) is 6. The molecule has 0 bridgehead atoms. The maximum Gasteiger partial charge on any atom is 0.228 e. The van der Waals surface area contributed by atoms with E-state index in [0.717, 1.165) is 62.2 Å². The van der Waals surface area contributed by atoms with Gasteiger partial charge in [-0.05, 0) is 48.4 Å². The van der Waals surface area contributed by atoms with Crippen molar-refractivity contribution in [3.8, 4) is 11.6 Å². The van der Waals surface area contributed by atoms with E-state index in [0.29, 0.717) is 11.6 Å². The fourth-order valence-corrected chi connectivity index (χ4v) is 4.96. The molecule has 0 amide bonds. The van der Waals surface area contributed by atoms with Gasteiger partial charge in [0.1, 0.15) is 0 Å². The lowest BCUT2D eigenvalue weighted by Crippen LogP contribution is -2.35. The number of benzene rings is 1. The molecule has 34 heavy (non-hydrogen) atoms. The smallest absolute Gasteiger partial charge is 0.228 e. The molecule has 1 saturated heterocycles. The lowest BCUT2D eigenvalue weighted by Gasteiger charge is -2.31. The first kappa shape index (κ1) is 21.1. The van der Waals surface area contributed by atoms with Crippen LogP contribution in [-0.4, -0.2) is 50.7 Å². The van der Waals surface area contributed by atoms with Crippen molar-refractivity contribution in [1.82, 2.24) is 24.5 Å². The van der Waals surface area contributed by atoms with E-state index in [9.17, 15) is 0 Å². The Morgan fingerprint density at radius 2 is 1.88 bits per heavy atom. The van der Waals surface area contributed by atoms with Crippen LogP contribution in [0.4, 0.5) is 5.95 Å². The summed E-state index contributed by atoms with van der Waals surface area (Å²) in [7, 11) is 0. The van der Waals surface area contributed by atoms with Crippen molar-refractivity contribution in [2.45, 2.75) is 32.7 Å². The molecular formula is C27H30N6O. The van der Waals surface area contributed by atoms with E-state index in [-0.39, 0.29) is 0 Å². The number of hydrogen-bond acceptors (Lipinski definition) is 6. The van der Waals surface area contributed by atoms with Crippen LogP contribution in [0.15, 0.2) is 65.4 Å². The average Bonchev–Trinajstić information content (AvgIpc) is 3.57. The number of aromatic nitrogens is 4. The molecule has 4 aromatic rings. The Balaban J connectivity index is 1.30. The second kappa shape index (κ2) is 9.06. The molecule has 0 saturated carbocycles. The monoisotopic (exact) mass is 454 g/mol. The number of furan rings is 1. The quantitative estimate of drug-likeness (QED) is 0.427. The molecule has 3 aromatic heterocycles. The minimum atomic E-state index is 0.607. The SMILES string of the molecule is CC1CCN(c2ncc(CN3CC=C(c4ccccc4)CC3)c3nc(-c4ccco4)nn23)CC1. The van der Waals surface area contributed by atoms with Crippen LogP contribution >= 0.6 is 0 Å². The molecule has 5 heterocycles. The fraction of sp³-hybridized carbons (Fsp3) is 0.370. The molecule has 1 fully saturated rings. The summed E-state index contributed by atoms with van der Waals surface area (Å²) in [5, 5.41) is 4.83. The fourth-order valence-electron chi connectivity index (χ4n) is 4.96. The highest BCUT2D eigenvalue weighted by atomic mass is 16.3. The van der Waals surface area contributed by atoms with Crippen LogP contribution in [-0.2, 0) is 6.54 Å². The molecule has 0 aliphatic carbocycles. The standard InChI is InChI=1S/C27H30N6O/c1-20-9-15-32(16-10-20)27-28-18-23(26-29-25(30-33(26)27)24-8-5-17-34-24)19-31-13-11-22(12-14-31)21-6-3-2-4-7-21/h2-8,11,17-18,20H,9-10,12-16,19H2,1H3. The Labute approximate surface area is 199 Å². The van der Waals surface area contributed by atoms with Gasteiger partial charge in [0.15, 0.2) is 11.4 Å². The first-order valence-electron chi connectivity index (χ1n) is 12.2. The zero-order valence-electron chi connectivity index (χ0n) is 19.6. The Hall–Kier alpha value is -3.45. The van der Waals surface area contributed by atoms with E-state index in [2.05, 4.69) is 53.1 Å². The van der Waals surface area contributed by atoms with Crippen LogP contribution in [0.3, 0.4) is 0 Å². The summed E-state index contributed by atoms with van der Waals surface area (Å²) >= 11 is 0. The normalized spacial score (nSPS) is 17.9. The van der Waals surface area contributed by atoms with Gasteiger partial charge in [0.2, 0.25) is 11.8 Å². The third-order valence-electron chi connectivity index (χ3n) is 7.06. The molecule has 7 heteroatoms. The van der Waals surface area contributed by atoms with Crippen molar-refractivity contribution >= 4 is 17.2 Å². The highest BCUT2D eigenvalue weighted by Gasteiger charge is 2.24. The van der Waals surface area contributed by atoms with Crippen LogP contribution in [0, 0.1) is 5.92 Å². The third kappa shape index (κ3) is 4.12. The number of piperidine rings is 1. The maximum absolute atomic E-state index is 5.60. The van der Waals surface area contributed by atoms with Gasteiger partial charge in [-0.1, -0.05) is 43.3 Å². The maximum atomic E-state index is 5.60. The summed E-state index contributed by atoms with van der Waals surface area (Å²) < 4.78 is 7.53. The van der Waals surface area contributed by atoms with E-state index in [1.807, 2.05) is 22.8 Å². The Morgan fingerprint density at radius 3 is 2.62 bits per heavy atom. The van der Waals surface area contributed by atoms with Gasteiger partial charge in [-0.2, -0.15) is 4.52 Å². The minimum absolute atomic E-state index is 0.607. The van der Waals surface area contributed by atoms with Crippen molar-refractivity contribution < 1.29 is 4.42 Å². The van der Waals surface area contributed by atoms with Crippen LogP contribution in [0.5, 0.6) is 0 Å². The van der Waals surface area contributed by atoms with E-state index in [1.165, 1.54) is 24.0 Å². The molecule has 2 aliphatic rings. The Morgan fingerprint density at radius 1 is 1.03 bits per heavy atom. The van der Waals surface area contributed by atoms with Gasteiger partial charge in [-0.25, -0.2) is 9.97 Å². The molecule has 7 nitrogen and oxygen atoms in total. The number of fused-ring (bicyclic) bond motifs is 1. The van der Waals surface area contributed by atoms with E-state index in [4.69, 9.17) is 19.5 Å². The largest absolute Gasteiger partial charge is 0.461 e. The van der Waals surface area contributed by atoms with Crippen molar-refractivity contribution in [1.29, 1.82) is 0 Å². The Bertz CT molecular complexity index is 1290. The van der Waals surface area contributed by atoms with Crippen LogP contribution in [0.1, 0.15) is 37.3 Å². The number of rotatable bonds is 5. The lowest BCUT2D eigenvalue weighted by molar-refractivity contribution is 0.294. The van der Waals surface area contributed by atoms with Crippen molar-refractivity contribution in [3.63, 3.8) is 0 Å². The molecule has 0 unspecified atom stereocenters. The molecule has 2 aliphatic heterocycles. The van der Waals surface area contributed by atoms with Crippen molar-refractivity contribution in [2.24, 2.45) is 5.92 Å².